The van der Waals surface area contributed by atoms with E-state index in [-0.39, 0.29) is 17.5 Å². The lowest BCUT2D eigenvalue weighted by atomic mass is 10.1. The number of hydrogen-bond donors (Lipinski definition) is 2. The van der Waals surface area contributed by atoms with Crippen LogP contribution in [0.2, 0.25) is 0 Å². The Morgan fingerprint density at radius 3 is 2.59 bits per heavy atom. The lowest BCUT2D eigenvalue weighted by Gasteiger charge is -2.15. The van der Waals surface area contributed by atoms with Gasteiger partial charge in [-0.2, -0.15) is 0 Å². The molecular formula is C20H21N3O5S. The van der Waals surface area contributed by atoms with E-state index in [4.69, 9.17) is 4.74 Å². The van der Waals surface area contributed by atoms with Crippen LogP contribution in [0, 0.1) is 13.8 Å². The molecule has 0 radical (unpaired) electrons. The number of para-hydroxylation sites is 1. The Bertz CT molecular complexity index is 1130. The number of aromatic carboxylic acids is 1. The van der Waals surface area contributed by atoms with E-state index < -0.39 is 17.4 Å². The highest BCUT2D eigenvalue weighted by Gasteiger charge is 2.21. The van der Waals surface area contributed by atoms with Crippen molar-refractivity contribution in [3.8, 4) is 0 Å². The third-order valence-electron chi connectivity index (χ3n) is 4.58. The largest absolute Gasteiger partial charge is 0.478 e. The molecule has 29 heavy (non-hydrogen) atoms. The predicted molar refractivity (Wildman–Crippen MR) is 111 cm³/mol. The van der Waals surface area contributed by atoms with Crippen LogP contribution in [0.5, 0.6) is 0 Å². The first-order valence-corrected chi connectivity index (χ1v) is 9.80. The van der Waals surface area contributed by atoms with Crippen molar-refractivity contribution in [3.63, 3.8) is 0 Å². The molecule has 2 aromatic heterocycles. The molecule has 0 spiro atoms. The predicted octanol–water partition coefficient (Wildman–Crippen LogP) is 2.60. The molecule has 0 saturated heterocycles. The zero-order valence-electron chi connectivity index (χ0n) is 16.3. The van der Waals surface area contributed by atoms with Crippen molar-refractivity contribution in [1.82, 2.24) is 9.55 Å². The van der Waals surface area contributed by atoms with E-state index in [0.717, 1.165) is 22.5 Å². The van der Waals surface area contributed by atoms with Gasteiger partial charge in [0.15, 0.2) is 0 Å². The first kappa shape index (κ1) is 20.7. The standard InChI is InChI=1S/C20H21N3O5S/c1-11-5-4-6-12(2)17(11)22-15(24)9-23-14(7-8-28-3)21-18-16(19(23)25)13(10-29-18)20(26)27/h4-6,10H,7-9H2,1-3H3,(H,22,24)(H,26,27). The van der Waals surface area contributed by atoms with Gasteiger partial charge in [-0.25, -0.2) is 9.78 Å². The SMILES string of the molecule is COCCc1nc2scc(C(=O)O)c2c(=O)n1CC(=O)Nc1c(C)cccc1C. The molecule has 0 bridgehead atoms. The molecule has 0 atom stereocenters. The Kier molecular flexibility index (Phi) is 6.09. The Labute approximate surface area is 170 Å². The van der Waals surface area contributed by atoms with E-state index in [0.29, 0.717) is 29.4 Å². The number of fused-ring (bicyclic) bond motifs is 1. The zero-order chi connectivity index (χ0) is 21.1. The molecule has 1 amide bonds. The number of aryl methyl sites for hydroxylation is 2. The number of carboxylic acids is 1. The number of rotatable bonds is 7. The second kappa shape index (κ2) is 8.54. The van der Waals surface area contributed by atoms with Gasteiger partial charge in [-0.1, -0.05) is 18.2 Å². The van der Waals surface area contributed by atoms with E-state index in [1.807, 2.05) is 32.0 Å². The van der Waals surface area contributed by atoms with Crippen LogP contribution in [0.15, 0.2) is 28.4 Å². The Hall–Kier alpha value is -3.04. The van der Waals surface area contributed by atoms with Crippen LogP contribution in [-0.2, 0) is 22.5 Å². The van der Waals surface area contributed by atoms with Crippen LogP contribution in [0.25, 0.3) is 10.2 Å². The number of methoxy groups -OCH3 is 1. The summed E-state index contributed by atoms with van der Waals surface area (Å²) in [6, 6.07) is 5.67. The lowest BCUT2D eigenvalue weighted by molar-refractivity contribution is -0.116. The molecule has 152 valence electrons. The number of aromatic nitrogens is 2. The number of carbonyl (C=O) groups is 2. The fourth-order valence-corrected chi connectivity index (χ4v) is 4.03. The fourth-order valence-electron chi connectivity index (χ4n) is 3.11. The van der Waals surface area contributed by atoms with Crippen molar-refractivity contribution in [1.29, 1.82) is 0 Å². The third-order valence-corrected chi connectivity index (χ3v) is 5.45. The highest BCUT2D eigenvalue weighted by Crippen LogP contribution is 2.22. The minimum atomic E-state index is -1.20. The Morgan fingerprint density at radius 1 is 1.28 bits per heavy atom. The molecule has 8 nitrogen and oxygen atoms in total. The number of carboxylic acid groups (broad SMARTS) is 1. The van der Waals surface area contributed by atoms with E-state index in [1.165, 1.54) is 17.1 Å². The first-order valence-electron chi connectivity index (χ1n) is 8.92. The summed E-state index contributed by atoms with van der Waals surface area (Å²) in [5.41, 5.74) is 1.86. The van der Waals surface area contributed by atoms with Crippen molar-refractivity contribution in [2.24, 2.45) is 0 Å². The molecule has 1 aromatic carbocycles. The van der Waals surface area contributed by atoms with Gasteiger partial charge in [0.05, 0.1) is 17.6 Å². The molecule has 0 fully saturated rings. The van der Waals surface area contributed by atoms with Crippen molar-refractivity contribution < 1.29 is 19.4 Å². The van der Waals surface area contributed by atoms with Crippen LogP contribution in [-0.4, -0.2) is 40.3 Å². The molecular weight excluding hydrogens is 394 g/mol. The van der Waals surface area contributed by atoms with Gasteiger partial charge in [0.1, 0.15) is 17.2 Å². The molecule has 3 aromatic rings. The maximum Gasteiger partial charge on any atom is 0.337 e. The molecule has 2 heterocycles. The van der Waals surface area contributed by atoms with Gasteiger partial charge in [-0.05, 0) is 25.0 Å². The minimum absolute atomic E-state index is 0.0172. The number of hydrogen-bond acceptors (Lipinski definition) is 6. The number of nitrogens with one attached hydrogen (secondary N) is 1. The Balaban J connectivity index is 2.03. The smallest absolute Gasteiger partial charge is 0.337 e. The summed E-state index contributed by atoms with van der Waals surface area (Å²) in [7, 11) is 1.53. The quantitative estimate of drug-likeness (QED) is 0.614. The number of nitrogens with zero attached hydrogens (tertiary/aromatic N) is 2. The summed E-state index contributed by atoms with van der Waals surface area (Å²) < 4.78 is 6.31. The summed E-state index contributed by atoms with van der Waals surface area (Å²) in [5, 5.41) is 13.6. The molecule has 0 aliphatic heterocycles. The van der Waals surface area contributed by atoms with Gasteiger partial charge >= 0.3 is 5.97 Å². The molecule has 0 saturated carbocycles. The summed E-state index contributed by atoms with van der Waals surface area (Å²) in [6.07, 6.45) is 0.318. The van der Waals surface area contributed by atoms with Crippen molar-refractivity contribution in [3.05, 3.63) is 56.4 Å². The number of thiophene rings is 1. The van der Waals surface area contributed by atoms with E-state index >= 15 is 0 Å². The van der Waals surface area contributed by atoms with Gasteiger partial charge in [0.2, 0.25) is 5.91 Å². The van der Waals surface area contributed by atoms with Gasteiger partial charge < -0.3 is 15.2 Å². The molecule has 0 aliphatic rings. The van der Waals surface area contributed by atoms with Gasteiger partial charge in [-0.15, -0.1) is 11.3 Å². The van der Waals surface area contributed by atoms with Crippen LogP contribution in [0.1, 0.15) is 27.3 Å². The maximum atomic E-state index is 13.1. The molecule has 0 unspecified atom stereocenters. The highest BCUT2D eigenvalue weighted by atomic mass is 32.1. The van der Waals surface area contributed by atoms with Gasteiger partial charge in [0.25, 0.3) is 5.56 Å². The molecule has 2 N–H and O–H groups in total. The average Bonchev–Trinajstić information content (AvgIpc) is 3.10. The third kappa shape index (κ3) is 4.20. The molecule has 9 heteroatoms. The van der Waals surface area contributed by atoms with Crippen molar-refractivity contribution >= 4 is 39.1 Å². The summed E-state index contributed by atoms with van der Waals surface area (Å²) in [6.45, 7) is 3.81. The molecule has 3 rings (SSSR count). The van der Waals surface area contributed by atoms with Gasteiger partial charge in [-0.3, -0.25) is 14.2 Å². The van der Waals surface area contributed by atoms with Crippen LogP contribution >= 0.6 is 11.3 Å². The topological polar surface area (TPSA) is 111 Å². The first-order chi connectivity index (χ1) is 13.8. The van der Waals surface area contributed by atoms with Crippen LogP contribution in [0.4, 0.5) is 5.69 Å². The number of benzene rings is 1. The zero-order valence-corrected chi connectivity index (χ0v) is 17.1. The number of anilines is 1. The lowest BCUT2D eigenvalue weighted by Crippen LogP contribution is -2.32. The second-order valence-corrected chi connectivity index (χ2v) is 7.47. The van der Waals surface area contributed by atoms with E-state index in [2.05, 4.69) is 10.3 Å². The maximum absolute atomic E-state index is 13.1. The number of amides is 1. The average molecular weight is 415 g/mol. The summed E-state index contributed by atoms with van der Waals surface area (Å²) >= 11 is 1.09. The summed E-state index contributed by atoms with van der Waals surface area (Å²) in [4.78, 5) is 42.0. The van der Waals surface area contributed by atoms with Crippen LogP contribution in [0.3, 0.4) is 0 Å². The second-order valence-electron chi connectivity index (χ2n) is 6.61. The van der Waals surface area contributed by atoms with Gasteiger partial charge in [0, 0.05) is 24.6 Å². The summed E-state index contributed by atoms with van der Waals surface area (Å²) in [5.74, 6) is -1.22. The Morgan fingerprint density at radius 2 is 1.97 bits per heavy atom. The fraction of sp³-hybridized carbons (Fsp3) is 0.300. The highest BCUT2D eigenvalue weighted by molar-refractivity contribution is 7.17. The normalized spacial score (nSPS) is 11.0. The number of ether oxygens (including phenoxy) is 1. The minimum Gasteiger partial charge on any atom is -0.478 e. The van der Waals surface area contributed by atoms with E-state index in [1.54, 1.807) is 0 Å². The van der Waals surface area contributed by atoms with E-state index in [9.17, 15) is 19.5 Å². The van der Waals surface area contributed by atoms with Crippen molar-refractivity contribution in [2.45, 2.75) is 26.8 Å². The number of carbonyl (C=O) groups excluding carboxylic acids is 1. The van der Waals surface area contributed by atoms with Crippen LogP contribution < -0.4 is 10.9 Å². The molecule has 0 aliphatic carbocycles. The van der Waals surface area contributed by atoms with Crippen molar-refractivity contribution in [2.75, 3.05) is 19.0 Å². The monoisotopic (exact) mass is 415 g/mol.